The zero-order valence-electron chi connectivity index (χ0n) is 10.4. The van der Waals surface area contributed by atoms with Crippen LogP contribution in [-0.4, -0.2) is 50.7 Å². The predicted octanol–water partition coefficient (Wildman–Crippen LogP) is 0.727. The highest BCUT2D eigenvalue weighted by molar-refractivity contribution is 5.78. The quantitative estimate of drug-likeness (QED) is 0.608. The van der Waals surface area contributed by atoms with E-state index in [-0.39, 0.29) is 11.8 Å². The van der Waals surface area contributed by atoms with Crippen molar-refractivity contribution in [3.63, 3.8) is 0 Å². The largest absolute Gasteiger partial charge is 0.380 e. The van der Waals surface area contributed by atoms with Crippen molar-refractivity contribution in [2.75, 3.05) is 39.9 Å². The van der Waals surface area contributed by atoms with Gasteiger partial charge in [0, 0.05) is 32.7 Å². The molecule has 0 fully saturated rings. The van der Waals surface area contributed by atoms with Crippen LogP contribution >= 0.6 is 0 Å². The van der Waals surface area contributed by atoms with Gasteiger partial charge in [-0.15, -0.1) is 0 Å². The fraction of sp³-hybridized carbons (Fsp3) is 0.909. The molecule has 0 aliphatic rings. The topological polar surface area (TPSA) is 41.6 Å². The Balaban J connectivity index is 3.75. The minimum absolute atomic E-state index is 0.0385. The van der Waals surface area contributed by atoms with Gasteiger partial charge in [0.05, 0.1) is 6.61 Å². The summed E-state index contributed by atoms with van der Waals surface area (Å²) in [7, 11) is 1.82. The predicted molar refractivity (Wildman–Crippen MR) is 61.8 cm³/mol. The molecule has 0 aliphatic carbocycles. The highest BCUT2D eigenvalue weighted by Crippen LogP contribution is 1.99. The first-order valence-electron chi connectivity index (χ1n) is 5.66. The van der Waals surface area contributed by atoms with Gasteiger partial charge in [-0.2, -0.15) is 0 Å². The van der Waals surface area contributed by atoms with E-state index in [2.05, 4.69) is 5.32 Å². The number of hydrogen-bond donors (Lipinski definition) is 1. The molecule has 1 atom stereocenters. The monoisotopic (exact) mass is 216 g/mol. The Hall–Kier alpha value is -0.610. The standard InChI is InChI=1S/C11H24N2O2/c1-5-12-9-10(3)11(14)13(4)7-8-15-6-2/h10,12H,5-9H2,1-4H3. The van der Waals surface area contributed by atoms with Crippen molar-refractivity contribution < 1.29 is 9.53 Å². The normalized spacial score (nSPS) is 12.5. The van der Waals surface area contributed by atoms with E-state index < -0.39 is 0 Å². The van der Waals surface area contributed by atoms with Gasteiger partial charge >= 0.3 is 0 Å². The number of likely N-dealkylation sites (N-methyl/N-ethyl adjacent to an activating group) is 1. The molecule has 4 heteroatoms. The van der Waals surface area contributed by atoms with Crippen LogP contribution in [0.4, 0.5) is 0 Å². The molecule has 4 nitrogen and oxygen atoms in total. The molecule has 0 aromatic carbocycles. The SMILES string of the molecule is CCNCC(C)C(=O)N(C)CCOCC. The number of ether oxygens (including phenoxy) is 1. The molecule has 1 N–H and O–H groups in total. The molecule has 0 aromatic rings. The molecule has 0 saturated carbocycles. The molecule has 0 heterocycles. The van der Waals surface area contributed by atoms with Gasteiger partial charge in [-0.05, 0) is 13.5 Å². The second-order valence-electron chi connectivity index (χ2n) is 3.67. The Morgan fingerprint density at radius 3 is 2.67 bits per heavy atom. The average molecular weight is 216 g/mol. The van der Waals surface area contributed by atoms with Crippen LogP contribution in [0.1, 0.15) is 20.8 Å². The molecule has 0 saturated heterocycles. The lowest BCUT2D eigenvalue weighted by atomic mass is 10.1. The Morgan fingerprint density at radius 1 is 1.47 bits per heavy atom. The molecule has 0 spiro atoms. The Morgan fingerprint density at radius 2 is 2.13 bits per heavy atom. The van der Waals surface area contributed by atoms with Crippen LogP contribution in [0.5, 0.6) is 0 Å². The number of nitrogens with one attached hydrogen (secondary N) is 1. The number of carbonyl (C=O) groups is 1. The van der Waals surface area contributed by atoms with Gasteiger partial charge in [0.15, 0.2) is 0 Å². The van der Waals surface area contributed by atoms with Crippen LogP contribution < -0.4 is 5.32 Å². The van der Waals surface area contributed by atoms with Gasteiger partial charge in [-0.3, -0.25) is 4.79 Å². The zero-order chi connectivity index (χ0) is 11.7. The second kappa shape index (κ2) is 8.68. The third-order valence-corrected chi connectivity index (χ3v) is 2.27. The van der Waals surface area contributed by atoms with E-state index in [9.17, 15) is 4.79 Å². The lowest BCUT2D eigenvalue weighted by Gasteiger charge is -2.21. The highest BCUT2D eigenvalue weighted by atomic mass is 16.5. The second-order valence-corrected chi connectivity index (χ2v) is 3.67. The summed E-state index contributed by atoms with van der Waals surface area (Å²) < 4.78 is 5.21. The summed E-state index contributed by atoms with van der Waals surface area (Å²) in [5.74, 6) is 0.215. The molecule has 15 heavy (non-hydrogen) atoms. The van der Waals surface area contributed by atoms with E-state index in [0.717, 1.165) is 13.1 Å². The summed E-state index contributed by atoms with van der Waals surface area (Å²) in [6.07, 6.45) is 0. The van der Waals surface area contributed by atoms with Crippen molar-refractivity contribution in [2.24, 2.45) is 5.92 Å². The number of carbonyl (C=O) groups excluding carboxylic acids is 1. The van der Waals surface area contributed by atoms with Crippen molar-refractivity contribution >= 4 is 5.91 Å². The summed E-state index contributed by atoms with van der Waals surface area (Å²) in [5, 5.41) is 3.17. The van der Waals surface area contributed by atoms with E-state index in [0.29, 0.717) is 19.8 Å². The summed E-state index contributed by atoms with van der Waals surface area (Å²) in [5.41, 5.74) is 0. The summed E-state index contributed by atoms with van der Waals surface area (Å²) >= 11 is 0. The summed E-state index contributed by atoms with van der Waals surface area (Å²) in [4.78, 5) is 13.5. The Kier molecular flexibility index (Phi) is 8.33. The molecule has 1 unspecified atom stereocenters. The van der Waals surface area contributed by atoms with Gasteiger partial charge in [-0.1, -0.05) is 13.8 Å². The van der Waals surface area contributed by atoms with Gasteiger partial charge in [-0.25, -0.2) is 0 Å². The summed E-state index contributed by atoms with van der Waals surface area (Å²) in [6.45, 7) is 9.58. The molecule has 90 valence electrons. The number of nitrogens with zero attached hydrogens (tertiary/aromatic N) is 1. The smallest absolute Gasteiger partial charge is 0.226 e. The van der Waals surface area contributed by atoms with Crippen LogP contribution in [0.25, 0.3) is 0 Å². The van der Waals surface area contributed by atoms with Crippen molar-refractivity contribution in [1.29, 1.82) is 0 Å². The van der Waals surface area contributed by atoms with Gasteiger partial charge < -0.3 is 15.0 Å². The lowest BCUT2D eigenvalue weighted by molar-refractivity contribution is -0.134. The highest BCUT2D eigenvalue weighted by Gasteiger charge is 2.16. The minimum atomic E-state index is 0.0385. The third kappa shape index (κ3) is 6.47. The maximum absolute atomic E-state index is 11.8. The molecule has 1 amide bonds. The van der Waals surface area contributed by atoms with Crippen LogP contribution in [-0.2, 0) is 9.53 Å². The van der Waals surface area contributed by atoms with Gasteiger partial charge in [0.2, 0.25) is 5.91 Å². The van der Waals surface area contributed by atoms with E-state index >= 15 is 0 Å². The van der Waals surface area contributed by atoms with Crippen molar-refractivity contribution in [3.8, 4) is 0 Å². The molecule has 0 aliphatic heterocycles. The molecular formula is C11H24N2O2. The van der Waals surface area contributed by atoms with Crippen LogP contribution in [0, 0.1) is 5.92 Å². The zero-order valence-corrected chi connectivity index (χ0v) is 10.4. The fourth-order valence-corrected chi connectivity index (χ4v) is 1.28. The Bertz CT molecular complexity index is 174. The first-order chi connectivity index (χ1) is 7.13. The number of hydrogen-bond acceptors (Lipinski definition) is 3. The van der Waals surface area contributed by atoms with Crippen LogP contribution in [0.15, 0.2) is 0 Å². The molecular weight excluding hydrogens is 192 g/mol. The minimum Gasteiger partial charge on any atom is -0.380 e. The first-order valence-corrected chi connectivity index (χ1v) is 5.66. The molecule has 0 rings (SSSR count). The van der Waals surface area contributed by atoms with Crippen molar-refractivity contribution in [3.05, 3.63) is 0 Å². The third-order valence-electron chi connectivity index (χ3n) is 2.27. The maximum atomic E-state index is 11.8. The maximum Gasteiger partial charge on any atom is 0.226 e. The average Bonchev–Trinajstić information content (AvgIpc) is 2.24. The van der Waals surface area contributed by atoms with E-state index in [4.69, 9.17) is 4.74 Å². The van der Waals surface area contributed by atoms with E-state index in [1.165, 1.54) is 0 Å². The Labute approximate surface area is 93.0 Å². The van der Waals surface area contributed by atoms with Crippen LogP contribution in [0.2, 0.25) is 0 Å². The first kappa shape index (κ1) is 14.4. The van der Waals surface area contributed by atoms with Crippen molar-refractivity contribution in [2.45, 2.75) is 20.8 Å². The van der Waals surface area contributed by atoms with Crippen LogP contribution in [0.3, 0.4) is 0 Å². The molecule has 0 radical (unpaired) electrons. The van der Waals surface area contributed by atoms with Gasteiger partial charge in [0.25, 0.3) is 0 Å². The summed E-state index contributed by atoms with van der Waals surface area (Å²) in [6, 6.07) is 0. The fourth-order valence-electron chi connectivity index (χ4n) is 1.28. The number of amides is 1. The lowest BCUT2D eigenvalue weighted by Crippen LogP contribution is -2.38. The molecule has 0 aromatic heterocycles. The van der Waals surface area contributed by atoms with E-state index in [1.807, 2.05) is 27.8 Å². The van der Waals surface area contributed by atoms with E-state index in [1.54, 1.807) is 4.90 Å². The van der Waals surface area contributed by atoms with Crippen molar-refractivity contribution in [1.82, 2.24) is 10.2 Å². The molecule has 0 bridgehead atoms. The number of rotatable bonds is 8. The van der Waals surface area contributed by atoms with Gasteiger partial charge in [0.1, 0.15) is 0 Å².